The Balaban J connectivity index is 1.10. The molecule has 0 bridgehead atoms. The second-order valence-electron chi connectivity index (χ2n) is 16.0. The smallest absolute Gasteiger partial charge is 0.140 e. The second kappa shape index (κ2) is 11.3. The highest BCUT2D eigenvalue weighted by atomic mass is 16.3. The SMILES string of the molecule is CC1(C)c2ccccc2-c2ccc(N(c3ccc(-c4ccccc4)cc3)c3ccc4c(c3)-c3oc5ccccc5c3C43c4ccccc4-c4ccccc43)cc21. The van der Waals surface area contributed by atoms with Crippen molar-refractivity contribution < 1.29 is 4.42 Å². The Kier molecular flexibility index (Phi) is 6.36. The van der Waals surface area contributed by atoms with Crippen LogP contribution in [0.2, 0.25) is 0 Å². The summed E-state index contributed by atoms with van der Waals surface area (Å²) >= 11 is 0. The Hall–Kier alpha value is -6.90. The van der Waals surface area contributed by atoms with E-state index >= 15 is 0 Å². The fraction of sp³-hybridized carbons (Fsp3) is 0.0741. The third-order valence-electron chi connectivity index (χ3n) is 12.9. The molecule has 0 aliphatic heterocycles. The van der Waals surface area contributed by atoms with E-state index in [1.165, 1.54) is 72.1 Å². The maximum Gasteiger partial charge on any atom is 0.140 e. The molecule has 1 heterocycles. The van der Waals surface area contributed by atoms with Crippen LogP contribution in [-0.2, 0) is 10.8 Å². The number of benzene rings is 8. The van der Waals surface area contributed by atoms with Crippen molar-refractivity contribution in [2.45, 2.75) is 24.7 Å². The zero-order valence-electron chi connectivity index (χ0n) is 31.3. The maximum atomic E-state index is 6.97. The van der Waals surface area contributed by atoms with Crippen LogP contribution < -0.4 is 4.90 Å². The number of furan rings is 1. The van der Waals surface area contributed by atoms with Gasteiger partial charge in [-0.3, -0.25) is 0 Å². The number of para-hydroxylation sites is 1. The van der Waals surface area contributed by atoms with E-state index in [0.29, 0.717) is 0 Å². The number of nitrogens with zero attached hydrogens (tertiary/aromatic N) is 1. The van der Waals surface area contributed by atoms with Crippen molar-refractivity contribution in [1.29, 1.82) is 0 Å². The molecule has 9 aromatic rings. The summed E-state index contributed by atoms with van der Waals surface area (Å²) in [5.74, 6) is 0.958. The van der Waals surface area contributed by atoms with Gasteiger partial charge in [-0.15, -0.1) is 0 Å². The van der Waals surface area contributed by atoms with Gasteiger partial charge in [-0.05, 0) is 104 Å². The van der Waals surface area contributed by atoms with Gasteiger partial charge in [-0.25, -0.2) is 0 Å². The van der Waals surface area contributed by atoms with Gasteiger partial charge in [0.05, 0.1) is 5.41 Å². The van der Waals surface area contributed by atoms with Gasteiger partial charge in [0.15, 0.2) is 0 Å². The van der Waals surface area contributed by atoms with Crippen molar-refractivity contribution in [1.82, 2.24) is 0 Å². The third kappa shape index (κ3) is 4.06. The van der Waals surface area contributed by atoms with E-state index in [4.69, 9.17) is 4.42 Å². The first-order valence-electron chi connectivity index (χ1n) is 19.6. The summed E-state index contributed by atoms with van der Waals surface area (Å²) < 4.78 is 6.97. The van der Waals surface area contributed by atoms with Gasteiger partial charge >= 0.3 is 0 Å². The number of hydrogen-bond acceptors (Lipinski definition) is 2. The van der Waals surface area contributed by atoms with Crippen LogP contribution in [0.15, 0.2) is 192 Å². The van der Waals surface area contributed by atoms with Crippen molar-refractivity contribution in [3.05, 3.63) is 221 Å². The van der Waals surface area contributed by atoms with Gasteiger partial charge in [-0.2, -0.15) is 0 Å². The van der Waals surface area contributed by atoms with Crippen LogP contribution in [-0.4, -0.2) is 0 Å². The van der Waals surface area contributed by atoms with E-state index < -0.39 is 5.41 Å². The standard InChI is InChI=1S/C54H37NO/c1-53(2)45-20-10-6-16-39(45)42-30-28-38(33-49(42)53)55(36-26-24-35(25-27-36)34-14-4-3-5-15-34)37-29-31-48-44(32-37)52-51(43-19-9-13-23-50(43)56-52)54(48)46-21-11-7-17-40(46)41-18-8-12-22-47(41)54/h3-33H,1-2H3. The maximum absolute atomic E-state index is 6.97. The number of hydrogen-bond donors (Lipinski definition) is 0. The number of anilines is 3. The average molecular weight is 716 g/mol. The summed E-state index contributed by atoms with van der Waals surface area (Å²) in [5, 5.41) is 1.17. The lowest BCUT2D eigenvalue weighted by molar-refractivity contribution is 0.628. The van der Waals surface area contributed by atoms with Crippen LogP contribution in [0.3, 0.4) is 0 Å². The molecule has 0 fully saturated rings. The van der Waals surface area contributed by atoms with E-state index in [9.17, 15) is 0 Å². The number of rotatable bonds is 4. The lowest BCUT2D eigenvalue weighted by Gasteiger charge is -2.31. The van der Waals surface area contributed by atoms with Gasteiger partial charge in [0.2, 0.25) is 0 Å². The fourth-order valence-corrected chi connectivity index (χ4v) is 10.4. The van der Waals surface area contributed by atoms with Crippen molar-refractivity contribution in [3.63, 3.8) is 0 Å². The topological polar surface area (TPSA) is 16.4 Å². The Bertz CT molecular complexity index is 3010. The van der Waals surface area contributed by atoms with Gasteiger partial charge in [0.1, 0.15) is 11.3 Å². The molecule has 0 amide bonds. The van der Waals surface area contributed by atoms with Crippen molar-refractivity contribution >= 4 is 28.0 Å². The highest BCUT2D eigenvalue weighted by molar-refractivity contribution is 6.03. The molecule has 0 unspecified atom stereocenters. The Morgan fingerprint density at radius 3 is 1.64 bits per heavy atom. The zero-order valence-corrected chi connectivity index (χ0v) is 31.3. The fourth-order valence-electron chi connectivity index (χ4n) is 10.4. The average Bonchev–Trinajstić information content (AvgIpc) is 3.93. The van der Waals surface area contributed by atoms with Crippen LogP contribution in [0.5, 0.6) is 0 Å². The molecule has 0 saturated heterocycles. The molecule has 0 N–H and O–H groups in total. The van der Waals surface area contributed by atoms with Crippen LogP contribution in [0.1, 0.15) is 47.2 Å². The zero-order chi connectivity index (χ0) is 37.2. The van der Waals surface area contributed by atoms with Crippen molar-refractivity contribution in [3.8, 4) is 44.7 Å². The van der Waals surface area contributed by atoms with Crippen LogP contribution in [0.4, 0.5) is 17.1 Å². The molecule has 1 aromatic heterocycles. The van der Waals surface area contributed by atoms with E-state index in [1.807, 2.05) is 0 Å². The summed E-state index contributed by atoms with van der Waals surface area (Å²) in [6.07, 6.45) is 0. The Morgan fingerprint density at radius 2 is 0.911 bits per heavy atom. The lowest BCUT2D eigenvalue weighted by Crippen LogP contribution is -2.25. The molecule has 8 aromatic carbocycles. The minimum Gasteiger partial charge on any atom is -0.456 e. The van der Waals surface area contributed by atoms with Crippen LogP contribution in [0.25, 0.3) is 55.7 Å². The van der Waals surface area contributed by atoms with Gasteiger partial charge < -0.3 is 9.32 Å². The molecular formula is C54H37NO. The van der Waals surface area contributed by atoms with Crippen molar-refractivity contribution in [2.75, 3.05) is 4.90 Å². The van der Waals surface area contributed by atoms with Crippen LogP contribution >= 0.6 is 0 Å². The predicted molar refractivity (Wildman–Crippen MR) is 230 cm³/mol. The molecule has 2 nitrogen and oxygen atoms in total. The monoisotopic (exact) mass is 715 g/mol. The Morgan fingerprint density at radius 1 is 0.393 bits per heavy atom. The normalized spacial score (nSPS) is 14.5. The quantitative estimate of drug-likeness (QED) is 0.180. The minimum absolute atomic E-state index is 0.123. The summed E-state index contributed by atoms with van der Waals surface area (Å²) in [7, 11) is 0. The second-order valence-corrected chi connectivity index (χ2v) is 16.0. The lowest BCUT2D eigenvalue weighted by atomic mass is 9.70. The van der Waals surface area contributed by atoms with Gasteiger partial charge in [0, 0.05) is 39.0 Å². The molecule has 56 heavy (non-hydrogen) atoms. The molecule has 12 rings (SSSR count). The highest BCUT2D eigenvalue weighted by Crippen LogP contribution is 2.65. The summed E-state index contributed by atoms with van der Waals surface area (Å²) in [6, 6.07) is 69.2. The Labute approximate surface area is 327 Å². The van der Waals surface area contributed by atoms with E-state index in [1.54, 1.807) is 0 Å². The minimum atomic E-state index is -0.492. The molecule has 2 heteroatoms. The van der Waals surface area contributed by atoms with E-state index in [0.717, 1.165) is 34.0 Å². The molecule has 3 aliphatic rings. The van der Waals surface area contributed by atoms with Gasteiger partial charge in [0.25, 0.3) is 0 Å². The number of fused-ring (bicyclic) bond motifs is 15. The molecular weight excluding hydrogens is 679 g/mol. The van der Waals surface area contributed by atoms with E-state index in [-0.39, 0.29) is 5.41 Å². The van der Waals surface area contributed by atoms with Crippen LogP contribution in [0, 0.1) is 0 Å². The largest absolute Gasteiger partial charge is 0.456 e. The molecule has 0 radical (unpaired) electrons. The first kappa shape index (κ1) is 31.5. The third-order valence-corrected chi connectivity index (χ3v) is 12.9. The highest BCUT2D eigenvalue weighted by Gasteiger charge is 2.54. The first-order chi connectivity index (χ1) is 27.5. The summed E-state index contributed by atoms with van der Waals surface area (Å²) in [5.41, 5.74) is 20.3. The molecule has 1 spiro atoms. The molecule has 0 atom stereocenters. The van der Waals surface area contributed by atoms with E-state index in [2.05, 4.69) is 207 Å². The molecule has 264 valence electrons. The van der Waals surface area contributed by atoms with Gasteiger partial charge in [-0.1, -0.05) is 159 Å². The predicted octanol–water partition coefficient (Wildman–Crippen LogP) is 14.2. The molecule has 0 saturated carbocycles. The summed E-state index contributed by atoms with van der Waals surface area (Å²) in [4.78, 5) is 2.43. The first-order valence-corrected chi connectivity index (χ1v) is 19.6. The molecule has 3 aliphatic carbocycles. The van der Waals surface area contributed by atoms with Crippen molar-refractivity contribution in [2.24, 2.45) is 0 Å². The summed E-state index contributed by atoms with van der Waals surface area (Å²) in [6.45, 7) is 4.71.